The van der Waals surface area contributed by atoms with Crippen molar-refractivity contribution in [3.63, 3.8) is 0 Å². The lowest BCUT2D eigenvalue weighted by Gasteiger charge is -2.06. The molecule has 0 unspecified atom stereocenters. The first-order valence-electron chi connectivity index (χ1n) is 5.98. The number of hydrogen-bond donors (Lipinski definition) is 2. The van der Waals surface area contributed by atoms with Gasteiger partial charge in [0.05, 0.1) is 0 Å². The number of nitrogens with one attached hydrogen (secondary N) is 2. The Morgan fingerprint density at radius 1 is 1.41 bits per heavy atom. The van der Waals surface area contributed by atoms with E-state index in [0.29, 0.717) is 0 Å². The fourth-order valence-corrected chi connectivity index (χ4v) is 2.11. The Balaban J connectivity index is 0.00000108. The number of carbonyl (C=O) groups is 1. The SMILES string of the molecule is Cl.O=C(NCC1CC1)c1ccc2c(c1)CCN2. The van der Waals surface area contributed by atoms with Gasteiger partial charge in [0, 0.05) is 24.3 Å². The van der Waals surface area contributed by atoms with Crippen LogP contribution in [0.25, 0.3) is 0 Å². The molecular weight excluding hydrogens is 236 g/mol. The summed E-state index contributed by atoms with van der Waals surface area (Å²) in [7, 11) is 0. The van der Waals surface area contributed by atoms with Crippen LogP contribution in [-0.2, 0) is 6.42 Å². The molecular formula is C13H17ClN2O. The van der Waals surface area contributed by atoms with Crippen LogP contribution in [0, 0.1) is 5.92 Å². The van der Waals surface area contributed by atoms with Gasteiger partial charge in [0.1, 0.15) is 0 Å². The van der Waals surface area contributed by atoms with Crippen molar-refractivity contribution >= 4 is 24.0 Å². The number of carbonyl (C=O) groups excluding carboxylic acids is 1. The van der Waals surface area contributed by atoms with Crippen LogP contribution in [0.1, 0.15) is 28.8 Å². The number of amides is 1. The molecule has 1 saturated carbocycles. The second kappa shape index (κ2) is 4.96. The van der Waals surface area contributed by atoms with Gasteiger partial charge in [-0.25, -0.2) is 0 Å². The molecule has 2 N–H and O–H groups in total. The standard InChI is InChI=1S/C13H16N2O.ClH/c16-13(15-8-9-1-2-9)11-3-4-12-10(7-11)5-6-14-12;/h3-4,7,9,14H,1-2,5-6,8H2,(H,15,16);1H. The largest absolute Gasteiger partial charge is 0.384 e. The highest BCUT2D eigenvalue weighted by Gasteiger charge is 2.22. The van der Waals surface area contributed by atoms with Crippen molar-refractivity contribution in [2.75, 3.05) is 18.4 Å². The second-order valence-electron chi connectivity index (χ2n) is 4.70. The van der Waals surface area contributed by atoms with Gasteiger partial charge in [-0.05, 0) is 48.9 Å². The van der Waals surface area contributed by atoms with E-state index < -0.39 is 0 Å². The van der Waals surface area contributed by atoms with E-state index in [9.17, 15) is 4.79 Å². The fraction of sp³-hybridized carbons (Fsp3) is 0.462. The first kappa shape index (κ1) is 12.2. The van der Waals surface area contributed by atoms with E-state index in [2.05, 4.69) is 10.6 Å². The summed E-state index contributed by atoms with van der Waals surface area (Å²) in [6.07, 6.45) is 3.57. The Morgan fingerprint density at radius 3 is 3.00 bits per heavy atom. The average molecular weight is 253 g/mol. The van der Waals surface area contributed by atoms with Gasteiger partial charge < -0.3 is 10.6 Å². The van der Waals surface area contributed by atoms with Crippen LogP contribution in [0.3, 0.4) is 0 Å². The van der Waals surface area contributed by atoms with E-state index in [1.165, 1.54) is 24.1 Å². The summed E-state index contributed by atoms with van der Waals surface area (Å²) >= 11 is 0. The van der Waals surface area contributed by atoms with Gasteiger partial charge in [-0.1, -0.05) is 0 Å². The van der Waals surface area contributed by atoms with Crippen molar-refractivity contribution in [2.24, 2.45) is 5.92 Å². The molecule has 1 heterocycles. The summed E-state index contributed by atoms with van der Waals surface area (Å²) in [5.41, 5.74) is 3.24. The third-order valence-electron chi connectivity index (χ3n) is 3.33. The maximum atomic E-state index is 11.8. The van der Waals surface area contributed by atoms with Gasteiger partial charge in [0.2, 0.25) is 0 Å². The highest BCUT2D eigenvalue weighted by molar-refractivity contribution is 5.95. The molecule has 3 nitrogen and oxygen atoms in total. The van der Waals surface area contributed by atoms with Crippen molar-refractivity contribution in [3.8, 4) is 0 Å². The summed E-state index contributed by atoms with van der Waals surface area (Å²) in [4.78, 5) is 11.8. The number of benzene rings is 1. The van der Waals surface area contributed by atoms with Crippen LogP contribution in [0.15, 0.2) is 18.2 Å². The van der Waals surface area contributed by atoms with Crippen LogP contribution in [0.5, 0.6) is 0 Å². The summed E-state index contributed by atoms with van der Waals surface area (Å²) in [5.74, 6) is 0.807. The molecule has 1 aliphatic heterocycles. The molecule has 0 atom stereocenters. The molecule has 0 saturated heterocycles. The third-order valence-corrected chi connectivity index (χ3v) is 3.33. The highest BCUT2D eigenvalue weighted by atomic mass is 35.5. The van der Waals surface area contributed by atoms with Crippen LogP contribution in [0.4, 0.5) is 5.69 Å². The van der Waals surface area contributed by atoms with E-state index in [-0.39, 0.29) is 18.3 Å². The summed E-state index contributed by atoms with van der Waals surface area (Å²) in [6.45, 7) is 1.83. The Kier molecular flexibility index (Phi) is 3.57. The lowest BCUT2D eigenvalue weighted by atomic mass is 10.1. The van der Waals surface area contributed by atoms with Crippen LogP contribution in [0.2, 0.25) is 0 Å². The molecule has 1 aliphatic carbocycles. The van der Waals surface area contributed by atoms with Crippen molar-refractivity contribution in [1.82, 2.24) is 5.32 Å². The molecule has 4 heteroatoms. The zero-order valence-electron chi connectivity index (χ0n) is 9.66. The number of anilines is 1. The van der Waals surface area contributed by atoms with Crippen LogP contribution < -0.4 is 10.6 Å². The van der Waals surface area contributed by atoms with Crippen molar-refractivity contribution in [2.45, 2.75) is 19.3 Å². The quantitative estimate of drug-likeness (QED) is 0.866. The van der Waals surface area contributed by atoms with Crippen LogP contribution >= 0.6 is 12.4 Å². The predicted molar refractivity (Wildman–Crippen MR) is 70.9 cm³/mol. The predicted octanol–water partition coefficient (Wildman–Crippen LogP) is 2.22. The number of halogens is 1. The van der Waals surface area contributed by atoms with Gasteiger partial charge >= 0.3 is 0 Å². The molecule has 17 heavy (non-hydrogen) atoms. The molecule has 3 rings (SSSR count). The van der Waals surface area contributed by atoms with Gasteiger partial charge in [-0.15, -0.1) is 12.4 Å². The summed E-state index contributed by atoms with van der Waals surface area (Å²) in [6, 6.07) is 5.92. The zero-order chi connectivity index (χ0) is 11.0. The number of fused-ring (bicyclic) bond motifs is 1. The first-order chi connectivity index (χ1) is 7.83. The molecule has 1 aromatic rings. The van der Waals surface area contributed by atoms with Gasteiger partial charge in [0.15, 0.2) is 0 Å². The minimum absolute atomic E-state index is 0. The normalized spacial score (nSPS) is 16.7. The van der Waals surface area contributed by atoms with Gasteiger partial charge in [0.25, 0.3) is 5.91 Å². The number of hydrogen-bond acceptors (Lipinski definition) is 2. The Bertz CT molecular complexity index is 429. The van der Waals surface area contributed by atoms with E-state index in [1.807, 2.05) is 18.2 Å². The van der Waals surface area contributed by atoms with Gasteiger partial charge in [-0.2, -0.15) is 0 Å². The lowest BCUT2D eigenvalue weighted by Crippen LogP contribution is -2.25. The van der Waals surface area contributed by atoms with Crippen molar-refractivity contribution in [1.29, 1.82) is 0 Å². The van der Waals surface area contributed by atoms with Crippen molar-refractivity contribution < 1.29 is 4.79 Å². The summed E-state index contributed by atoms with van der Waals surface area (Å²) < 4.78 is 0. The first-order valence-corrected chi connectivity index (χ1v) is 5.98. The smallest absolute Gasteiger partial charge is 0.251 e. The molecule has 1 amide bonds. The molecule has 1 aromatic carbocycles. The Hall–Kier alpha value is -1.22. The molecule has 1 fully saturated rings. The van der Waals surface area contributed by atoms with Crippen molar-refractivity contribution in [3.05, 3.63) is 29.3 Å². The number of rotatable bonds is 3. The maximum Gasteiger partial charge on any atom is 0.251 e. The van der Waals surface area contributed by atoms with E-state index in [0.717, 1.165) is 31.0 Å². The maximum absolute atomic E-state index is 11.8. The summed E-state index contributed by atoms with van der Waals surface area (Å²) in [5, 5.41) is 6.29. The molecule has 2 aliphatic rings. The van der Waals surface area contributed by atoms with Crippen LogP contribution in [-0.4, -0.2) is 19.0 Å². The lowest BCUT2D eigenvalue weighted by molar-refractivity contribution is 0.0952. The molecule has 0 aromatic heterocycles. The van der Waals surface area contributed by atoms with E-state index >= 15 is 0 Å². The second-order valence-corrected chi connectivity index (χ2v) is 4.70. The zero-order valence-corrected chi connectivity index (χ0v) is 10.5. The topological polar surface area (TPSA) is 41.1 Å². The average Bonchev–Trinajstić information content (AvgIpc) is 3.01. The molecule has 92 valence electrons. The Labute approximate surface area is 107 Å². The monoisotopic (exact) mass is 252 g/mol. The molecule has 0 radical (unpaired) electrons. The molecule has 0 bridgehead atoms. The van der Waals surface area contributed by atoms with E-state index in [4.69, 9.17) is 0 Å². The fourth-order valence-electron chi connectivity index (χ4n) is 2.11. The van der Waals surface area contributed by atoms with Gasteiger partial charge in [-0.3, -0.25) is 4.79 Å². The minimum Gasteiger partial charge on any atom is -0.384 e. The minimum atomic E-state index is 0. The third kappa shape index (κ3) is 2.72. The molecule has 0 spiro atoms. The highest BCUT2D eigenvalue weighted by Crippen LogP contribution is 2.28. The van der Waals surface area contributed by atoms with E-state index in [1.54, 1.807) is 0 Å². The Morgan fingerprint density at radius 2 is 2.24 bits per heavy atom.